The van der Waals surface area contributed by atoms with Gasteiger partial charge in [0.15, 0.2) is 5.69 Å². The molecule has 1 heterocycles. The minimum absolute atomic E-state index is 0.0439. The number of hydrogen-bond acceptors (Lipinski definition) is 4. The van der Waals surface area contributed by atoms with Crippen molar-refractivity contribution in [1.29, 1.82) is 0 Å². The number of aromatic nitrogens is 1. The molecule has 0 aliphatic rings. The molecule has 0 aliphatic heterocycles. The summed E-state index contributed by atoms with van der Waals surface area (Å²) in [6.07, 6.45) is 1.99. The minimum atomic E-state index is -0.428. The molecule has 5 nitrogen and oxygen atoms in total. The van der Waals surface area contributed by atoms with Gasteiger partial charge in [0.25, 0.3) is 5.69 Å². The van der Waals surface area contributed by atoms with E-state index in [1.807, 2.05) is 18.2 Å². The zero-order valence-electron chi connectivity index (χ0n) is 13.2. The Kier molecular flexibility index (Phi) is 6.10. The standard InChI is InChI=1S/C17H19BrN2O3/c1-12(2)7-6-10-23-17-14(18)11-15(20(21)22)16(19-17)13-8-4-3-5-9-13/h3-5,8-9,11-12H,6-7,10H2,1-2H3. The molecule has 0 unspecified atom stereocenters. The van der Waals surface area contributed by atoms with Crippen LogP contribution in [0.4, 0.5) is 5.69 Å². The predicted octanol–water partition coefficient (Wildman–Crippen LogP) is 5.23. The van der Waals surface area contributed by atoms with Crippen molar-refractivity contribution in [3.63, 3.8) is 0 Å². The maximum atomic E-state index is 11.3. The van der Waals surface area contributed by atoms with Crippen LogP contribution in [0.2, 0.25) is 0 Å². The highest BCUT2D eigenvalue weighted by atomic mass is 79.9. The van der Waals surface area contributed by atoms with Crippen molar-refractivity contribution in [3.05, 3.63) is 51.0 Å². The van der Waals surface area contributed by atoms with Crippen molar-refractivity contribution in [2.75, 3.05) is 6.61 Å². The van der Waals surface area contributed by atoms with E-state index in [-0.39, 0.29) is 5.69 Å². The molecule has 0 saturated heterocycles. The number of rotatable bonds is 7. The van der Waals surface area contributed by atoms with E-state index in [1.54, 1.807) is 12.1 Å². The molecule has 0 N–H and O–H groups in total. The maximum Gasteiger partial charge on any atom is 0.296 e. The minimum Gasteiger partial charge on any atom is -0.477 e. The second-order valence-corrected chi connectivity index (χ2v) is 6.51. The summed E-state index contributed by atoms with van der Waals surface area (Å²) < 4.78 is 6.20. The number of pyridine rings is 1. The van der Waals surface area contributed by atoms with Crippen molar-refractivity contribution in [1.82, 2.24) is 4.98 Å². The fraction of sp³-hybridized carbons (Fsp3) is 0.353. The zero-order chi connectivity index (χ0) is 16.8. The van der Waals surface area contributed by atoms with Crippen LogP contribution in [-0.4, -0.2) is 16.5 Å². The number of ether oxygens (including phenoxy) is 1. The van der Waals surface area contributed by atoms with Gasteiger partial charge in [-0.2, -0.15) is 0 Å². The van der Waals surface area contributed by atoms with Crippen LogP contribution >= 0.6 is 15.9 Å². The van der Waals surface area contributed by atoms with Crippen molar-refractivity contribution in [2.24, 2.45) is 5.92 Å². The SMILES string of the molecule is CC(C)CCCOc1nc(-c2ccccc2)c([N+](=O)[O-])cc1Br. The molecule has 1 aromatic heterocycles. The molecule has 23 heavy (non-hydrogen) atoms. The van der Waals surface area contributed by atoms with Gasteiger partial charge >= 0.3 is 0 Å². The van der Waals surface area contributed by atoms with E-state index in [1.165, 1.54) is 6.07 Å². The Morgan fingerprint density at radius 1 is 1.30 bits per heavy atom. The van der Waals surface area contributed by atoms with Crippen molar-refractivity contribution >= 4 is 21.6 Å². The molecule has 0 aliphatic carbocycles. The topological polar surface area (TPSA) is 65.3 Å². The summed E-state index contributed by atoms with van der Waals surface area (Å²) in [5, 5.41) is 11.3. The Labute approximate surface area is 144 Å². The first-order chi connectivity index (χ1) is 11.0. The van der Waals surface area contributed by atoms with E-state index in [9.17, 15) is 10.1 Å². The van der Waals surface area contributed by atoms with Gasteiger partial charge in [0, 0.05) is 11.6 Å². The average molecular weight is 379 g/mol. The molecule has 0 saturated carbocycles. The molecule has 0 bridgehead atoms. The highest BCUT2D eigenvalue weighted by molar-refractivity contribution is 9.10. The molecule has 122 valence electrons. The largest absolute Gasteiger partial charge is 0.477 e. The van der Waals surface area contributed by atoms with Crippen molar-refractivity contribution in [3.8, 4) is 17.1 Å². The Hall–Kier alpha value is -1.95. The van der Waals surface area contributed by atoms with Crippen molar-refractivity contribution < 1.29 is 9.66 Å². The van der Waals surface area contributed by atoms with Gasteiger partial charge in [-0.25, -0.2) is 4.98 Å². The summed E-state index contributed by atoms with van der Waals surface area (Å²) in [4.78, 5) is 15.2. The molecule has 6 heteroatoms. The third-order valence-corrected chi connectivity index (χ3v) is 3.90. The lowest BCUT2D eigenvalue weighted by molar-refractivity contribution is -0.384. The maximum absolute atomic E-state index is 11.3. The molecular weight excluding hydrogens is 360 g/mol. The van der Waals surface area contributed by atoms with Crippen LogP contribution in [0.5, 0.6) is 5.88 Å². The highest BCUT2D eigenvalue weighted by Gasteiger charge is 2.21. The van der Waals surface area contributed by atoms with Gasteiger partial charge in [-0.15, -0.1) is 0 Å². The molecule has 1 aromatic carbocycles. The molecule has 0 amide bonds. The van der Waals surface area contributed by atoms with E-state index in [0.717, 1.165) is 12.8 Å². The number of hydrogen-bond donors (Lipinski definition) is 0. The van der Waals surface area contributed by atoms with Crippen LogP contribution < -0.4 is 4.74 Å². The number of nitro groups is 1. The predicted molar refractivity (Wildman–Crippen MR) is 93.6 cm³/mol. The van der Waals surface area contributed by atoms with Crippen LogP contribution in [0.15, 0.2) is 40.9 Å². The van der Waals surface area contributed by atoms with E-state index < -0.39 is 4.92 Å². The highest BCUT2D eigenvalue weighted by Crippen LogP contribution is 2.35. The van der Waals surface area contributed by atoms with Crippen molar-refractivity contribution in [2.45, 2.75) is 26.7 Å². The smallest absolute Gasteiger partial charge is 0.296 e. The van der Waals surface area contributed by atoms with E-state index in [2.05, 4.69) is 34.8 Å². The monoisotopic (exact) mass is 378 g/mol. The van der Waals surface area contributed by atoms with Gasteiger partial charge in [-0.1, -0.05) is 44.2 Å². The van der Waals surface area contributed by atoms with E-state index >= 15 is 0 Å². The van der Waals surface area contributed by atoms with E-state index in [0.29, 0.717) is 34.1 Å². The summed E-state index contributed by atoms with van der Waals surface area (Å²) in [5.74, 6) is 1.00. The quantitative estimate of drug-likeness (QED) is 0.375. The molecule has 2 rings (SSSR count). The first-order valence-electron chi connectivity index (χ1n) is 7.52. The summed E-state index contributed by atoms with van der Waals surface area (Å²) >= 11 is 3.31. The molecule has 0 radical (unpaired) electrons. The second kappa shape index (κ2) is 8.06. The molecule has 0 spiro atoms. The summed E-state index contributed by atoms with van der Waals surface area (Å²) in [7, 11) is 0. The van der Waals surface area contributed by atoms with Gasteiger partial charge in [-0.3, -0.25) is 10.1 Å². The molecule has 0 fully saturated rings. The van der Waals surface area contributed by atoms with E-state index in [4.69, 9.17) is 4.74 Å². The van der Waals surface area contributed by atoms with Crippen LogP contribution in [0.3, 0.4) is 0 Å². The lowest BCUT2D eigenvalue weighted by Gasteiger charge is -2.10. The zero-order valence-corrected chi connectivity index (χ0v) is 14.7. The van der Waals surface area contributed by atoms with Crippen LogP contribution in [0, 0.1) is 16.0 Å². The Morgan fingerprint density at radius 3 is 2.61 bits per heavy atom. The number of halogens is 1. The van der Waals surface area contributed by atoms with Gasteiger partial charge in [0.1, 0.15) is 0 Å². The third-order valence-electron chi connectivity index (χ3n) is 3.33. The second-order valence-electron chi connectivity index (χ2n) is 5.65. The average Bonchev–Trinajstić information content (AvgIpc) is 2.53. The van der Waals surface area contributed by atoms with Crippen LogP contribution in [-0.2, 0) is 0 Å². The number of benzene rings is 1. The lowest BCUT2D eigenvalue weighted by atomic mass is 10.1. The Morgan fingerprint density at radius 2 is 2.00 bits per heavy atom. The fourth-order valence-corrected chi connectivity index (χ4v) is 2.59. The van der Waals surface area contributed by atoms with Gasteiger partial charge in [-0.05, 0) is 34.7 Å². The van der Waals surface area contributed by atoms with Crippen LogP contribution in [0.1, 0.15) is 26.7 Å². The Balaban J connectivity index is 2.29. The van der Waals surface area contributed by atoms with Gasteiger partial charge in [0.2, 0.25) is 5.88 Å². The fourth-order valence-electron chi connectivity index (χ4n) is 2.17. The summed E-state index contributed by atoms with van der Waals surface area (Å²) in [5.41, 5.74) is 0.967. The molecular formula is C17H19BrN2O3. The van der Waals surface area contributed by atoms with Crippen LogP contribution in [0.25, 0.3) is 11.3 Å². The summed E-state index contributed by atoms with van der Waals surface area (Å²) in [6.45, 7) is 4.86. The normalized spacial score (nSPS) is 10.8. The first-order valence-corrected chi connectivity index (χ1v) is 8.31. The Bertz CT molecular complexity index is 675. The summed E-state index contributed by atoms with van der Waals surface area (Å²) in [6, 6.07) is 10.6. The molecule has 2 aromatic rings. The lowest BCUT2D eigenvalue weighted by Crippen LogP contribution is -2.04. The third kappa shape index (κ3) is 4.76. The van der Waals surface area contributed by atoms with Gasteiger partial charge in [0.05, 0.1) is 16.0 Å². The first kappa shape index (κ1) is 17.4. The molecule has 0 atom stereocenters. The van der Waals surface area contributed by atoms with Gasteiger partial charge < -0.3 is 4.74 Å². The number of nitrogens with zero attached hydrogens (tertiary/aromatic N) is 2.